The van der Waals surface area contributed by atoms with Gasteiger partial charge in [-0.05, 0) is 11.6 Å². The Balaban J connectivity index is 2.27. The van der Waals surface area contributed by atoms with E-state index in [0.717, 1.165) is 0 Å². The number of hydrogen-bond donors (Lipinski definition) is 3. The first-order chi connectivity index (χ1) is 10.0. The largest absolute Gasteiger partial charge is 0.508 e. The number of hydrogen-bond acceptors (Lipinski definition) is 3. The van der Waals surface area contributed by atoms with E-state index in [2.05, 4.69) is 0 Å². The minimum Gasteiger partial charge on any atom is -0.508 e. The molecular weight excluding hydrogens is 268 g/mol. The maximum Gasteiger partial charge on any atom is 0.341 e. The van der Waals surface area contributed by atoms with Crippen molar-refractivity contribution < 1.29 is 20.1 Å². The van der Waals surface area contributed by atoms with Crippen molar-refractivity contribution in [2.24, 2.45) is 0 Å². The molecule has 0 aliphatic heterocycles. The van der Waals surface area contributed by atoms with Gasteiger partial charge in [0.1, 0.15) is 5.76 Å². The molecule has 3 N–H and O–H groups in total. The highest BCUT2D eigenvalue weighted by molar-refractivity contribution is 5.86. The lowest BCUT2D eigenvalue weighted by Crippen LogP contribution is -2.43. The molecule has 0 heterocycles. The Labute approximate surface area is 121 Å². The average Bonchev–Trinajstić information content (AvgIpc) is 2.51. The van der Waals surface area contributed by atoms with E-state index in [4.69, 9.17) is 0 Å². The van der Waals surface area contributed by atoms with Gasteiger partial charge in [0.05, 0.1) is 0 Å². The molecule has 0 spiro atoms. The van der Waals surface area contributed by atoms with Crippen molar-refractivity contribution >= 4 is 11.7 Å². The number of carbonyl (C=O) groups is 1. The van der Waals surface area contributed by atoms with Crippen LogP contribution in [0.15, 0.2) is 60.7 Å². The van der Waals surface area contributed by atoms with Gasteiger partial charge in [0.2, 0.25) is 0 Å². The fourth-order valence-corrected chi connectivity index (χ4v) is 2.82. The summed E-state index contributed by atoms with van der Waals surface area (Å²) >= 11 is 0. The maximum absolute atomic E-state index is 11.8. The predicted molar refractivity (Wildman–Crippen MR) is 77.8 cm³/mol. The van der Waals surface area contributed by atoms with Crippen LogP contribution in [0.5, 0.6) is 0 Å². The Bertz CT molecular complexity index is 721. The zero-order chi connectivity index (χ0) is 15.0. The van der Waals surface area contributed by atoms with Crippen molar-refractivity contribution in [3.63, 3.8) is 0 Å². The second kappa shape index (κ2) is 4.75. The van der Waals surface area contributed by atoms with Crippen LogP contribution >= 0.6 is 0 Å². The molecule has 0 fully saturated rings. The molecule has 2 aromatic carbocycles. The quantitative estimate of drug-likeness (QED) is 0.791. The van der Waals surface area contributed by atoms with Crippen molar-refractivity contribution in [1.29, 1.82) is 0 Å². The van der Waals surface area contributed by atoms with Gasteiger partial charge >= 0.3 is 5.97 Å². The highest BCUT2D eigenvalue weighted by Gasteiger charge is 2.49. The molecule has 4 heteroatoms. The van der Waals surface area contributed by atoms with Gasteiger partial charge in [-0.1, -0.05) is 54.6 Å². The predicted octanol–water partition coefficient (Wildman–Crippen LogP) is 2.66. The first-order valence-corrected chi connectivity index (χ1v) is 6.56. The highest BCUT2D eigenvalue weighted by atomic mass is 16.4. The number of carboxylic acid groups (broad SMARTS) is 1. The lowest BCUT2D eigenvalue weighted by molar-refractivity contribution is -0.161. The summed E-state index contributed by atoms with van der Waals surface area (Å²) in [4.78, 5) is 11.8. The first kappa shape index (κ1) is 13.4. The third-order valence-corrected chi connectivity index (χ3v) is 3.87. The van der Waals surface area contributed by atoms with Gasteiger partial charge < -0.3 is 15.3 Å². The molecule has 4 nitrogen and oxygen atoms in total. The number of rotatable bonds is 2. The van der Waals surface area contributed by atoms with E-state index in [-0.39, 0.29) is 11.3 Å². The van der Waals surface area contributed by atoms with Crippen LogP contribution in [0.1, 0.15) is 22.6 Å². The average molecular weight is 282 g/mol. The summed E-state index contributed by atoms with van der Waals surface area (Å²) in [6.45, 7) is 0. The van der Waals surface area contributed by atoms with Crippen LogP contribution in [-0.4, -0.2) is 21.3 Å². The van der Waals surface area contributed by atoms with E-state index in [1.54, 1.807) is 42.5 Å². The minimum atomic E-state index is -2.11. The van der Waals surface area contributed by atoms with Crippen molar-refractivity contribution in [2.75, 3.05) is 0 Å². The lowest BCUT2D eigenvalue weighted by atomic mass is 9.72. The van der Waals surface area contributed by atoms with Gasteiger partial charge in [0.15, 0.2) is 5.60 Å². The van der Waals surface area contributed by atoms with Crippen LogP contribution in [0, 0.1) is 0 Å². The van der Waals surface area contributed by atoms with Gasteiger partial charge in [0.25, 0.3) is 0 Å². The summed E-state index contributed by atoms with van der Waals surface area (Å²) in [5, 5.41) is 30.6. The Morgan fingerprint density at radius 1 is 1.00 bits per heavy atom. The molecule has 106 valence electrons. The van der Waals surface area contributed by atoms with Crippen molar-refractivity contribution in [1.82, 2.24) is 0 Å². The molecule has 2 atom stereocenters. The molecule has 0 aromatic heterocycles. The summed E-state index contributed by atoms with van der Waals surface area (Å²) in [5.74, 6) is -2.22. The molecule has 2 aromatic rings. The maximum atomic E-state index is 11.8. The van der Waals surface area contributed by atoms with Crippen molar-refractivity contribution in [3.05, 3.63) is 77.4 Å². The van der Waals surface area contributed by atoms with Gasteiger partial charge in [0, 0.05) is 17.0 Å². The van der Waals surface area contributed by atoms with E-state index in [9.17, 15) is 20.1 Å². The second-order valence-electron chi connectivity index (χ2n) is 5.06. The topological polar surface area (TPSA) is 77.8 Å². The minimum absolute atomic E-state index is 0.0228. The number of carboxylic acids is 1. The van der Waals surface area contributed by atoms with Crippen LogP contribution in [0.25, 0.3) is 5.76 Å². The molecule has 0 amide bonds. The van der Waals surface area contributed by atoms with E-state index >= 15 is 0 Å². The van der Waals surface area contributed by atoms with Crippen LogP contribution < -0.4 is 0 Å². The van der Waals surface area contributed by atoms with Crippen LogP contribution in [0.3, 0.4) is 0 Å². The summed E-state index contributed by atoms with van der Waals surface area (Å²) in [5.41, 5.74) is -0.936. The molecule has 3 rings (SSSR count). The van der Waals surface area contributed by atoms with E-state index in [1.165, 1.54) is 12.1 Å². The van der Waals surface area contributed by atoms with Crippen LogP contribution in [0.2, 0.25) is 0 Å². The Hall–Kier alpha value is -2.59. The number of fused-ring (bicyclic) bond motifs is 1. The van der Waals surface area contributed by atoms with Gasteiger partial charge in [-0.15, -0.1) is 0 Å². The zero-order valence-corrected chi connectivity index (χ0v) is 11.1. The Morgan fingerprint density at radius 2 is 1.62 bits per heavy atom. The highest BCUT2D eigenvalue weighted by Crippen LogP contribution is 2.45. The third kappa shape index (κ3) is 1.92. The summed E-state index contributed by atoms with van der Waals surface area (Å²) in [6, 6.07) is 15.3. The summed E-state index contributed by atoms with van der Waals surface area (Å²) in [6.07, 6.45) is 1.39. The first-order valence-electron chi connectivity index (χ1n) is 6.56. The SMILES string of the molecule is O=C(O)[C@]1(O)c2ccccc2C(O)=C[C@@H]1c1ccccc1. The van der Waals surface area contributed by atoms with E-state index < -0.39 is 17.5 Å². The molecular formula is C17H14O4. The summed E-state index contributed by atoms with van der Waals surface area (Å²) < 4.78 is 0. The molecule has 21 heavy (non-hydrogen) atoms. The van der Waals surface area contributed by atoms with Crippen molar-refractivity contribution in [3.8, 4) is 0 Å². The molecule has 1 aliphatic rings. The van der Waals surface area contributed by atoms with E-state index in [0.29, 0.717) is 11.1 Å². The molecule has 0 radical (unpaired) electrons. The Morgan fingerprint density at radius 3 is 2.29 bits per heavy atom. The fourth-order valence-electron chi connectivity index (χ4n) is 2.82. The fraction of sp³-hybridized carbons (Fsp3) is 0.118. The molecule has 0 saturated heterocycles. The van der Waals surface area contributed by atoms with Crippen molar-refractivity contribution in [2.45, 2.75) is 11.5 Å². The third-order valence-electron chi connectivity index (χ3n) is 3.87. The summed E-state index contributed by atoms with van der Waals surface area (Å²) in [7, 11) is 0. The number of benzene rings is 2. The lowest BCUT2D eigenvalue weighted by Gasteiger charge is -2.36. The van der Waals surface area contributed by atoms with Gasteiger partial charge in [-0.2, -0.15) is 0 Å². The molecule has 0 unspecified atom stereocenters. The molecule has 0 saturated carbocycles. The molecule has 1 aliphatic carbocycles. The zero-order valence-electron chi connectivity index (χ0n) is 11.1. The monoisotopic (exact) mass is 282 g/mol. The normalized spacial score (nSPS) is 24.0. The standard InChI is InChI=1S/C17H14O4/c18-15-10-14(11-6-2-1-3-7-11)17(21,16(19)20)13-9-5-4-8-12(13)15/h1-10,14,18,21H,(H,19,20)/t14-,17+/m1/s1. The Kier molecular flexibility index (Phi) is 3.03. The smallest absolute Gasteiger partial charge is 0.341 e. The van der Waals surface area contributed by atoms with Gasteiger partial charge in [-0.3, -0.25) is 0 Å². The van der Waals surface area contributed by atoms with E-state index in [1.807, 2.05) is 6.07 Å². The van der Waals surface area contributed by atoms with Crippen LogP contribution in [0.4, 0.5) is 0 Å². The number of aliphatic carboxylic acids is 1. The van der Waals surface area contributed by atoms with Gasteiger partial charge in [-0.25, -0.2) is 4.79 Å². The molecule has 0 bridgehead atoms. The number of aliphatic hydroxyl groups excluding tert-OH is 1. The van der Waals surface area contributed by atoms with Crippen LogP contribution in [-0.2, 0) is 10.4 Å². The second-order valence-corrected chi connectivity index (χ2v) is 5.06. The number of aliphatic hydroxyl groups is 2.